The van der Waals surface area contributed by atoms with E-state index in [-0.39, 0.29) is 63.2 Å². The van der Waals surface area contributed by atoms with Crippen LogP contribution < -0.4 is 14.2 Å². The molecular formula is C30H24O12. The van der Waals surface area contributed by atoms with E-state index in [2.05, 4.69) is 0 Å². The highest BCUT2D eigenvalue weighted by molar-refractivity contribution is 5.68. The fourth-order valence-corrected chi connectivity index (χ4v) is 6.09. The molecule has 0 saturated heterocycles. The Balaban J connectivity index is 1.47. The molecule has 3 aliphatic heterocycles. The third-order valence-electron chi connectivity index (χ3n) is 8.03. The third-order valence-corrected chi connectivity index (χ3v) is 8.03. The number of aliphatic hydroxyl groups excluding tert-OH is 2. The monoisotopic (exact) mass is 576 g/mol. The van der Waals surface area contributed by atoms with Crippen LogP contribution in [0.2, 0.25) is 0 Å². The molecule has 7 rings (SSSR count). The number of benzene rings is 4. The molecule has 0 spiro atoms. The largest absolute Gasteiger partial charge is 0.508 e. The fourth-order valence-electron chi connectivity index (χ4n) is 6.09. The van der Waals surface area contributed by atoms with Crippen LogP contribution in [0.1, 0.15) is 39.8 Å². The summed E-state index contributed by atoms with van der Waals surface area (Å²) in [4.78, 5) is 0. The van der Waals surface area contributed by atoms with Crippen LogP contribution in [0.25, 0.3) is 0 Å². The van der Waals surface area contributed by atoms with Gasteiger partial charge in [0.1, 0.15) is 46.7 Å². The second-order valence-electron chi connectivity index (χ2n) is 10.5. The Hall–Kier alpha value is -5.20. The average Bonchev–Trinajstić information content (AvgIpc) is 2.92. The Morgan fingerprint density at radius 3 is 2.00 bits per heavy atom. The van der Waals surface area contributed by atoms with E-state index in [1.165, 1.54) is 42.5 Å². The quantitative estimate of drug-likeness (QED) is 0.158. The van der Waals surface area contributed by atoms with Crippen molar-refractivity contribution in [3.63, 3.8) is 0 Å². The maximum absolute atomic E-state index is 11.9. The smallest absolute Gasteiger partial charge is 0.305 e. The standard InChI is InChI=1S/C30H24O12/c31-13-7-20(37)24-22(8-13)41-30(12-2-4-16(33)19(36)6-12)29(39)26(24)25-23(42-30)10-17(34)14-9-21(38)27(40-28(14)25)11-1-3-15(32)18(35)5-11/h1-8,10,21,26-27,29,31-39H,9H2/t21-,26-,27-,29-,30+/m0/s1. The second kappa shape index (κ2) is 8.65. The van der Waals surface area contributed by atoms with Crippen LogP contribution in [-0.4, -0.2) is 58.2 Å². The van der Waals surface area contributed by atoms with Gasteiger partial charge in [-0.3, -0.25) is 0 Å². The minimum Gasteiger partial charge on any atom is -0.508 e. The molecule has 0 radical (unpaired) electrons. The zero-order chi connectivity index (χ0) is 29.7. The first-order valence-corrected chi connectivity index (χ1v) is 12.9. The molecule has 12 nitrogen and oxygen atoms in total. The molecule has 216 valence electrons. The van der Waals surface area contributed by atoms with Crippen LogP contribution in [0.4, 0.5) is 0 Å². The van der Waals surface area contributed by atoms with Crippen molar-refractivity contribution in [2.24, 2.45) is 0 Å². The van der Waals surface area contributed by atoms with Crippen molar-refractivity contribution in [2.75, 3.05) is 0 Å². The second-order valence-corrected chi connectivity index (χ2v) is 10.5. The zero-order valence-electron chi connectivity index (χ0n) is 21.5. The molecule has 0 unspecified atom stereocenters. The van der Waals surface area contributed by atoms with E-state index in [1.54, 1.807) is 0 Å². The summed E-state index contributed by atoms with van der Waals surface area (Å²) in [6, 6.07) is 11.1. The molecule has 0 fully saturated rings. The first kappa shape index (κ1) is 25.7. The van der Waals surface area contributed by atoms with Gasteiger partial charge in [-0.05, 0) is 35.9 Å². The van der Waals surface area contributed by atoms with E-state index in [0.717, 1.165) is 12.1 Å². The molecule has 4 aromatic rings. The van der Waals surface area contributed by atoms with Gasteiger partial charge in [0.15, 0.2) is 23.0 Å². The van der Waals surface area contributed by atoms with Crippen molar-refractivity contribution in [3.05, 3.63) is 82.4 Å². The first-order chi connectivity index (χ1) is 20.0. The Morgan fingerprint density at radius 2 is 1.31 bits per heavy atom. The molecule has 3 aliphatic rings. The third kappa shape index (κ3) is 3.49. The maximum atomic E-state index is 11.9. The molecule has 42 heavy (non-hydrogen) atoms. The summed E-state index contributed by atoms with van der Waals surface area (Å²) >= 11 is 0. The van der Waals surface area contributed by atoms with E-state index in [0.29, 0.717) is 5.56 Å². The van der Waals surface area contributed by atoms with Gasteiger partial charge in [-0.2, -0.15) is 0 Å². The molecule has 0 aliphatic carbocycles. The van der Waals surface area contributed by atoms with E-state index in [1.807, 2.05) is 0 Å². The highest BCUT2D eigenvalue weighted by Crippen LogP contribution is 2.62. The lowest BCUT2D eigenvalue weighted by atomic mass is 9.74. The number of fused-ring (bicyclic) bond motifs is 8. The molecule has 9 N–H and O–H groups in total. The van der Waals surface area contributed by atoms with Crippen LogP contribution in [0.3, 0.4) is 0 Å². The number of phenols is 7. The van der Waals surface area contributed by atoms with Gasteiger partial charge in [0.2, 0.25) is 0 Å². The van der Waals surface area contributed by atoms with Gasteiger partial charge in [0.05, 0.1) is 12.0 Å². The lowest BCUT2D eigenvalue weighted by molar-refractivity contribution is -0.219. The lowest BCUT2D eigenvalue weighted by Gasteiger charge is -2.50. The van der Waals surface area contributed by atoms with Crippen molar-refractivity contribution < 1.29 is 60.2 Å². The van der Waals surface area contributed by atoms with Gasteiger partial charge in [-0.15, -0.1) is 0 Å². The van der Waals surface area contributed by atoms with Crippen molar-refractivity contribution >= 4 is 0 Å². The van der Waals surface area contributed by atoms with Gasteiger partial charge >= 0.3 is 5.79 Å². The summed E-state index contributed by atoms with van der Waals surface area (Å²) < 4.78 is 18.6. The van der Waals surface area contributed by atoms with Crippen LogP contribution >= 0.6 is 0 Å². The van der Waals surface area contributed by atoms with Gasteiger partial charge in [-0.25, -0.2) is 0 Å². The number of rotatable bonds is 2. The topological polar surface area (TPSA) is 210 Å². The molecule has 0 aromatic heterocycles. The number of phenolic OH excluding ortho intramolecular Hbond substituents is 7. The van der Waals surface area contributed by atoms with Gasteiger partial charge in [-0.1, -0.05) is 6.07 Å². The van der Waals surface area contributed by atoms with Crippen LogP contribution in [0.5, 0.6) is 57.5 Å². The molecule has 0 amide bonds. The minimum absolute atomic E-state index is 0.0177. The SMILES string of the molecule is Oc1cc(O)c2c(c1)O[C@]1(c3ccc(O)c(O)c3)Oc3cc(O)c4c(c3[C@H]2[C@@H]1O)O[C@@H](c1ccc(O)c(O)c1)[C@@H](O)C4. The molecule has 12 heteroatoms. The predicted molar refractivity (Wildman–Crippen MR) is 141 cm³/mol. The molecule has 2 bridgehead atoms. The normalized spacial score (nSPS) is 25.2. The van der Waals surface area contributed by atoms with Gasteiger partial charge in [0.25, 0.3) is 0 Å². The molecular weight excluding hydrogens is 552 g/mol. The Labute approximate surface area is 236 Å². The van der Waals surface area contributed by atoms with Crippen LogP contribution in [-0.2, 0) is 12.2 Å². The fraction of sp³-hybridized carbons (Fsp3) is 0.200. The summed E-state index contributed by atoms with van der Waals surface area (Å²) in [5.74, 6) is -6.11. The summed E-state index contributed by atoms with van der Waals surface area (Å²) in [7, 11) is 0. The minimum atomic E-state index is -2.09. The maximum Gasteiger partial charge on any atom is 0.305 e. The Bertz CT molecular complexity index is 1790. The van der Waals surface area contributed by atoms with Gasteiger partial charge in [0, 0.05) is 46.9 Å². The summed E-state index contributed by atoms with van der Waals surface area (Å²) in [5, 5.41) is 95.1. The predicted octanol–water partition coefficient (Wildman–Crippen LogP) is 2.79. The van der Waals surface area contributed by atoms with E-state index >= 15 is 0 Å². The summed E-state index contributed by atoms with van der Waals surface area (Å²) in [6.45, 7) is 0. The van der Waals surface area contributed by atoms with Crippen molar-refractivity contribution in [2.45, 2.75) is 36.4 Å². The number of hydrogen-bond acceptors (Lipinski definition) is 12. The van der Waals surface area contributed by atoms with Crippen LogP contribution in [0.15, 0.2) is 54.6 Å². The number of aromatic hydroxyl groups is 7. The Morgan fingerprint density at radius 1 is 0.643 bits per heavy atom. The van der Waals surface area contributed by atoms with Crippen molar-refractivity contribution in [1.82, 2.24) is 0 Å². The zero-order valence-corrected chi connectivity index (χ0v) is 21.5. The number of hydrogen-bond donors (Lipinski definition) is 9. The molecule has 3 heterocycles. The van der Waals surface area contributed by atoms with E-state index < -0.39 is 53.0 Å². The molecule has 0 saturated carbocycles. The van der Waals surface area contributed by atoms with E-state index in [4.69, 9.17) is 14.2 Å². The summed E-state index contributed by atoms with van der Waals surface area (Å²) in [6.07, 6.45) is -4.00. The number of aliphatic hydroxyl groups is 2. The number of ether oxygens (including phenoxy) is 3. The van der Waals surface area contributed by atoms with E-state index in [9.17, 15) is 46.0 Å². The lowest BCUT2D eigenvalue weighted by Crippen LogP contribution is -2.57. The molecule has 4 aromatic carbocycles. The Kier molecular flexibility index (Phi) is 5.30. The highest BCUT2D eigenvalue weighted by Gasteiger charge is 2.60. The van der Waals surface area contributed by atoms with Crippen molar-refractivity contribution in [3.8, 4) is 57.5 Å². The first-order valence-electron chi connectivity index (χ1n) is 12.9. The van der Waals surface area contributed by atoms with Crippen molar-refractivity contribution in [1.29, 1.82) is 0 Å². The van der Waals surface area contributed by atoms with Gasteiger partial charge < -0.3 is 60.2 Å². The van der Waals surface area contributed by atoms with Crippen LogP contribution in [0, 0.1) is 0 Å². The average molecular weight is 577 g/mol. The molecule has 5 atom stereocenters. The summed E-state index contributed by atoms with van der Waals surface area (Å²) in [5.41, 5.74) is 0.842. The highest BCUT2D eigenvalue weighted by atomic mass is 16.7.